The normalized spacial score (nSPS) is 11.6. The van der Waals surface area contributed by atoms with Crippen LogP contribution in [0.1, 0.15) is 23.6 Å². The third kappa shape index (κ3) is 5.41. The van der Waals surface area contributed by atoms with Gasteiger partial charge in [-0.05, 0) is 55.2 Å². The van der Waals surface area contributed by atoms with Crippen LogP contribution in [0, 0.1) is 13.8 Å². The highest BCUT2D eigenvalue weighted by Crippen LogP contribution is 2.19. The van der Waals surface area contributed by atoms with Gasteiger partial charge < -0.3 is 10.1 Å². The molecule has 0 saturated carbocycles. The molecule has 28 heavy (non-hydrogen) atoms. The van der Waals surface area contributed by atoms with Crippen LogP contribution in [-0.4, -0.2) is 45.4 Å². The number of aryl methyl sites for hydroxylation is 2. The summed E-state index contributed by atoms with van der Waals surface area (Å²) >= 11 is 0. The number of carbonyl (C=O) groups is 1. The maximum atomic E-state index is 13.0. The Bertz CT molecular complexity index is 909. The monoisotopic (exact) mass is 404 g/mol. The average Bonchev–Trinajstić information content (AvgIpc) is 2.68. The Balaban J connectivity index is 2.21. The molecule has 1 amide bonds. The Kier molecular flexibility index (Phi) is 7.74. The van der Waals surface area contributed by atoms with Gasteiger partial charge in [-0.3, -0.25) is 4.79 Å². The van der Waals surface area contributed by atoms with Gasteiger partial charge in [-0.2, -0.15) is 4.31 Å². The second-order valence-electron chi connectivity index (χ2n) is 6.62. The highest BCUT2D eigenvalue weighted by molar-refractivity contribution is 7.89. The Labute approximate surface area is 167 Å². The van der Waals surface area contributed by atoms with E-state index in [0.29, 0.717) is 5.69 Å². The minimum atomic E-state index is -3.81. The van der Waals surface area contributed by atoms with Gasteiger partial charge in [-0.1, -0.05) is 31.2 Å². The number of amides is 1. The molecule has 152 valence electrons. The number of rotatable bonds is 9. The van der Waals surface area contributed by atoms with Crippen LogP contribution in [0.15, 0.2) is 47.4 Å². The van der Waals surface area contributed by atoms with Crippen LogP contribution in [-0.2, 0) is 26.0 Å². The van der Waals surface area contributed by atoms with E-state index in [0.717, 1.165) is 27.4 Å². The SMILES string of the molecule is CCc1ccc(S(=O)(=O)N(CCOC)CC(=O)Nc2cccc(C)c2C)cc1. The number of nitrogens with one attached hydrogen (secondary N) is 1. The summed E-state index contributed by atoms with van der Waals surface area (Å²) in [6.07, 6.45) is 0.825. The zero-order valence-electron chi connectivity index (χ0n) is 16.9. The maximum Gasteiger partial charge on any atom is 0.243 e. The van der Waals surface area contributed by atoms with Crippen LogP contribution >= 0.6 is 0 Å². The zero-order chi connectivity index (χ0) is 20.7. The van der Waals surface area contributed by atoms with Crippen molar-refractivity contribution in [1.29, 1.82) is 0 Å². The van der Waals surface area contributed by atoms with E-state index in [1.54, 1.807) is 30.3 Å². The molecule has 0 unspecified atom stereocenters. The molecule has 1 N–H and O–H groups in total. The summed E-state index contributed by atoms with van der Waals surface area (Å²) in [6, 6.07) is 12.4. The predicted octanol–water partition coefficient (Wildman–Crippen LogP) is 3.14. The van der Waals surface area contributed by atoms with Gasteiger partial charge in [-0.25, -0.2) is 8.42 Å². The van der Waals surface area contributed by atoms with E-state index in [2.05, 4.69) is 5.32 Å². The third-order valence-corrected chi connectivity index (χ3v) is 6.57. The van der Waals surface area contributed by atoms with Crippen LogP contribution in [0.25, 0.3) is 0 Å². The summed E-state index contributed by atoms with van der Waals surface area (Å²) in [4.78, 5) is 12.7. The van der Waals surface area contributed by atoms with Gasteiger partial charge in [0.25, 0.3) is 0 Å². The van der Waals surface area contributed by atoms with Crippen molar-refractivity contribution in [1.82, 2.24) is 4.31 Å². The summed E-state index contributed by atoms with van der Waals surface area (Å²) in [7, 11) is -2.31. The standard InChI is InChI=1S/C21H28N2O4S/c1-5-18-9-11-19(12-10-18)28(25,26)23(13-14-27-4)15-21(24)22-20-8-6-7-16(2)17(20)3/h6-12H,5,13-15H2,1-4H3,(H,22,24). The molecule has 0 bridgehead atoms. The third-order valence-electron chi connectivity index (χ3n) is 4.71. The number of benzene rings is 2. The fourth-order valence-electron chi connectivity index (χ4n) is 2.76. The van der Waals surface area contributed by atoms with Gasteiger partial charge in [0.05, 0.1) is 18.0 Å². The summed E-state index contributed by atoms with van der Waals surface area (Å²) in [5, 5.41) is 2.81. The van der Waals surface area contributed by atoms with Crippen molar-refractivity contribution in [3.8, 4) is 0 Å². The van der Waals surface area contributed by atoms with Gasteiger partial charge >= 0.3 is 0 Å². The van der Waals surface area contributed by atoms with Gasteiger partial charge in [0.2, 0.25) is 15.9 Å². The van der Waals surface area contributed by atoms with Crippen molar-refractivity contribution in [2.75, 3.05) is 32.1 Å². The molecule has 2 rings (SSSR count). The van der Waals surface area contributed by atoms with Crippen molar-refractivity contribution in [2.45, 2.75) is 32.1 Å². The van der Waals surface area contributed by atoms with Crippen LogP contribution in [0.3, 0.4) is 0 Å². The highest BCUT2D eigenvalue weighted by atomic mass is 32.2. The first-order valence-corrected chi connectivity index (χ1v) is 10.7. The molecule has 0 radical (unpaired) electrons. The molecule has 0 heterocycles. The lowest BCUT2D eigenvalue weighted by atomic mass is 10.1. The number of ether oxygens (including phenoxy) is 1. The molecular formula is C21H28N2O4S. The van der Waals surface area contributed by atoms with Gasteiger partial charge in [0, 0.05) is 19.3 Å². The van der Waals surface area contributed by atoms with E-state index < -0.39 is 15.9 Å². The highest BCUT2D eigenvalue weighted by Gasteiger charge is 2.26. The van der Waals surface area contributed by atoms with Crippen molar-refractivity contribution in [3.63, 3.8) is 0 Å². The molecule has 6 nitrogen and oxygen atoms in total. The summed E-state index contributed by atoms with van der Waals surface area (Å²) in [6.45, 7) is 5.89. The lowest BCUT2D eigenvalue weighted by molar-refractivity contribution is -0.116. The van der Waals surface area contributed by atoms with Crippen molar-refractivity contribution in [3.05, 3.63) is 59.2 Å². The van der Waals surface area contributed by atoms with E-state index in [1.807, 2.05) is 32.9 Å². The summed E-state index contributed by atoms with van der Waals surface area (Å²) in [5.74, 6) is -0.390. The molecule has 0 saturated heterocycles. The maximum absolute atomic E-state index is 13.0. The van der Waals surface area contributed by atoms with E-state index in [4.69, 9.17) is 4.74 Å². The molecule has 0 atom stereocenters. The largest absolute Gasteiger partial charge is 0.383 e. The number of hydrogen-bond acceptors (Lipinski definition) is 4. The molecule has 0 aromatic heterocycles. The first-order valence-electron chi connectivity index (χ1n) is 9.23. The molecule has 0 aliphatic rings. The number of anilines is 1. The number of nitrogens with zero attached hydrogens (tertiary/aromatic N) is 1. The number of sulfonamides is 1. The van der Waals surface area contributed by atoms with Gasteiger partial charge in [0.15, 0.2) is 0 Å². The van der Waals surface area contributed by atoms with Gasteiger partial charge in [-0.15, -0.1) is 0 Å². The molecule has 0 aliphatic carbocycles. The molecule has 0 aliphatic heterocycles. The van der Waals surface area contributed by atoms with Crippen molar-refractivity contribution < 1.29 is 17.9 Å². The fourth-order valence-corrected chi connectivity index (χ4v) is 4.14. The molecule has 0 fully saturated rings. The number of carbonyl (C=O) groups excluding carboxylic acids is 1. The van der Waals surface area contributed by atoms with Crippen LogP contribution in [0.2, 0.25) is 0 Å². The minimum absolute atomic E-state index is 0.0918. The first kappa shape index (κ1) is 22.1. The van der Waals surface area contributed by atoms with Crippen LogP contribution in [0.4, 0.5) is 5.69 Å². The predicted molar refractivity (Wildman–Crippen MR) is 111 cm³/mol. The second-order valence-corrected chi connectivity index (χ2v) is 8.56. The quantitative estimate of drug-likeness (QED) is 0.697. The topological polar surface area (TPSA) is 75.7 Å². The van der Waals surface area contributed by atoms with Gasteiger partial charge in [0.1, 0.15) is 0 Å². The van der Waals surface area contributed by atoms with Crippen molar-refractivity contribution >= 4 is 21.6 Å². The van der Waals surface area contributed by atoms with E-state index >= 15 is 0 Å². The Morgan fingerprint density at radius 1 is 1.11 bits per heavy atom. The molecule has 7 heteroatoms. The molecule has 2 aromatic rings. The smallest absolute Gasteiger partial charge is 0.243 e. The van der Waals surface area contributed by atoms with E-state index in [9.17, 15) is 13.2 Å². The lowest BCUT2D eigenvalue weighted by Gasteiger charge is -2.22. The summed E-state index contributed by atoms with van der Waals surface area (Å²) < 4.78 is 32.3. The van der Waals surface area contributed by atoms with Crippen LogP contribution < -0.4 is 5.32 Å². The molecular weight excluding hydrogens is 376 g/mol. The Morgan fingerprint density at radius 2 is 1.79 bits per heavy atom. The summed E-state index contributed by atoms with van der Waals surface area (Å²) in [5.41, 5.74) is 3.74. The van der Waals surface area contributed by atoms with E-state index in [-0.39, 0.29) is 24.6 Å². The van der Waals surface area contributed by atoms with Crippen LogP contribution in [0.5, 0.6) is 0 Å². The number of methoxy groups -OCH3 is 1. The zero-order valence-corrected chi connectivity index (χ0v) is 17.7. The lowest BCUT2D eigenvalue weighted by Crippen LogP contribution is -2.40. The fraction of sp³-hybridized carbons (Fsp3) is 0.381. The van der Waals surface area contributed by atoms with E-state index in [1.165, 1.54) is 7.11 Å². The molecule has 2 aromatic carbocycles. The Hall–Kier alpha value is -2.22. The van der Waals surface area contributed by atoms with Crippen molar-refractivity contribution in [2.24, 2.45) is 0 Å². The Morgan fingerprint density at radius 3 is 2.39 bits per heavy atom. The first-order chi connectivity index (χ1) is 13.3. The molecule has 0 spiro atoms. The number of hydrogen-bond donors (Lipinski definition) is 1. The average molecular weight is 405 g/mol. The minimum Gasteiger partial charge on any atom is -0.383 e. The second kappa shape index (κ2) is 9.82.